The number of aryl methyl sites for hydroxylation is 1. The molecule has 0 spiro atoms. The zero-order chi connectivity index (χ0) is 19.0. The Kier molecular flexibility index (Phi) is 15.5. The van der Waals surface area contributed by atoms with Gasteiger partial charge in [0.1, 0.15) is 6.29 Å². The minimum Gasteiger partial charge on any atom is -0.353 e. The Morgan fingerprint density at radius 3 is 1.92 bits per heavy atom. The van der Waals surface area contributed by atoms with Crippen molar-refractivity contribution in [1.29, 1.82) is 0 Å². The molecular formula is C18H30O5S. The Balaban J connectivity index is 0. The van der Waals surface area contributed by atoms with Crippen molar-refractivity contribution in [2.75, 3.05) is 19.0 Å². The third-order valence-electron chi connectivity index (χ3n) is 2.69. The standard InChI is InChI=1S/C10H12O3S.C6H14O2.C2H4/c1-9-3-5-10(6-4-9)14(12,13)8-2-7-11;1-4-7-6(3)8-5-2;1-2/h3-7H,2,8H2,1H3;6H,4-5H2,1-3H3;1-2H2. The van der Waals surface area contributed by atoms with Gasteiger partial charge in [-0.3, -0.25) is 0 Å². The normalized spacial score (nSPS) is 10.2. The van der Waals surface area contributed by atoms with Gasteiger partial charge in [0.25, 0.3) is 0 Å². The summed E-state index contributed by atoms with van der Waals surface area (Å²) < 4.78 is 33.2. The molecule has 1 rings (SSSR count). The molecule has 0 aliphatic rings. The molecule has 6 heteroatoms. The van der Waals surface area contributed by atoms with Crippen LogP contribution in [0.3, 0.4) is 0 Å². The molecule has 1 aromatic rings. The summed E-state index contributed by atoms with van der Waals surface area (Å²) in [5, 5.41) is 0. The van der Waals surface area contributed by atoms with E-state index in [9.17, 15) is 13.2 Å². The van der Waals surface area contributed by atoms with Crippen LogP contribution in [0, 0.1) is 6.92 Å². The first-order valence-corrected chi connectivity index (χ1v) is 9.48. The van der Waals surface area contributed by atoms with E-state index >= 15 is 0 Å². The van der Waals surface area contributed by atoms with Crippen LogP contribution < -0.4 is 0 Å². The average Bonchev–Trinajstić information content (AvgIpc) is 2.56. The van der Waals surface area contributed by atoms with Crippen LogP contribution in [0.2, 0.25) is 0 Å². The van der Waals surface area contributed by atoms with E-state index in [-0.39, 0.29) is 23.4 Å². The molecule has 0 saturated heterocycles. The lowest BCUT2D eigenvalue weighted by molar-refractivity contribution is -0.123. The van der Waals surface area contributed by atoms with Gasteiger partial charge >= 0.3 is 0 Å². The van der Waals surface area contributed by atoms with Gasteiger partial charge in [-0.15, -0.1) is 13.2 Å². The van der Waals surface area contributed by atoms with E-state index in [0.717, 1.165) is 18.8 Å². The fraction of sp³-hybridized carbons (Fsp3) is 0.500. The van der Waals surface area contributed by atoms with Crippen molar-refractivity contribution in [1.82, 2.24) is 0 Å². The average molecular weight is 359 g/mol. The minimum atomic E-state index is -3.27. The lowest BCUT2D eigenvalue weighted by atomic mass is 10.2. The second-order valence-corrected chi connectivity index (χ2v) is 6.67. The minimum absolute atomic E-state index is 0.0370. The van der Waals surface area contributed by atoms with Crippen molar-refractivity contribution < 1.29 is 22.7 Å². The van der Waals surface area contributed by atoms with Crippen LogP contribution >= 0.6 is 0 Å². The molecule has 0 aliphatic heterocycles. The molecule has 0 atom stereocenters. The van der Waals surface area contributed by atoms with E-state index in [1.54, 1.807) is 24.3 Å². The second-order valence-electron chi connectivity index (χ2n) is 4.57. The fourth-order valence-electron chi connectivity index (χ4n) is 1.58. The summed E-state index contributed by atoms with van der Waals surface area (Å²) >= 11 is 0. The zero-order valence-corrected chi connectivity index (χ0v) is 16.0. The molecule has 0 unspecified atom stereocenters. The molecule has 0 amide bonds. The number of benzene rings is 1. The van der Waals surface area contributed by atoms with E-state index in [2.05, 4.69) is 13.2 Å². The highest BCUT2D eigenvalue weighted by Crippen LogP contribution is 2.12. The lowest BCUT2D eigenvalue weighted by Gasteiger charge is -2.09. The first-order chi connectivity index (χ1) is 11.4. The van der Waals surface area contributed by atoms with Crippen LogP contribution in [0.5, 0.6) is 0 Å². The zero-order valence-electron chi connectivity index (χ0n) is 15.2. The Morgan fingerprint density at radius 2 is 1.54 bits per heavy atom. The summed E-state index contributed by atoms with van der Waals surface area (Å²) in [6, 6.07) is 6.62. The molecule has 0 N–H and O–H groups in total. The number of sulfone groups is 1. The van der Waals surface area contributed by atoms with Gasteiger partial charge in [-0.2, -0.15) is 0 Å². The summed E-state index contributed by atoms with van der Waals surface area (Å²) in [6.07, 6.45) is 0.632. The molecule has 0 radical (unpaired) electrons. The van der Waals surface area contributed by atoms with Crippen molar-refractivity contribution in [2.45, 2.75) is 45.3 Å². The van der Waals surface area contributed by atoms with Crippen LogP contribution in [-0.2, 0) is 24.1 Å². The smallest absolute Gasteiger partial charge is 0.178 e. The number of hydrogen-bond acceptors (Lipinski definition) is 5. The molecule has 0 saturated carbocycles. The Morgan fingerprint density at radius 1 is 1.08 bits per heavy atom. The fourth-order valence-corrected chi connectivity index (χ4v) is 2.78. The van der Waals surface area contributed by atoms with E-state index in [4.69, 9.17) is 9.47 Å². The van der Waals surface area contributed by atoms with Crippen molar-refractivity contribution in [3.63, 3.8) is 0 Å². The maximum absolute atomic E-state index is 11.5. The summed E-state index contributed by atoms with van der Waals surface area (Å²) in [4.78, 5) is 10.4. The van der Waals surface area contributed by atoms with Gasteiger partial charge in [0, 0.05) is 19.6 Å². The maximum Gasteiger partial charge on any atom is 0.178 e. The first kappa shape index (κ1) is 24.7. The molecule has 0 bridgehead atoms. The summed E-state index contributed by atoms with van der Waals surface area (Å²) in [6.45, 7) is 15.1. The number of aldehydes is 1. The van der Waals surface area contributed by atoms with Crippen LogP contribution in [-0.4, -0.2) is 40.0 Å². The summed E-state index contributed by atoms with van der Waals surface area (Å²) in [5.74, 6) is -0.112. The van der Waals surface area contributed by atoms with Crippen molar-refractivity contribution >= 4 is 16.1 Å². The SMILES string of the molecule is C=C.CCOC(C)OCC.Cc1ccc(S(=O)(=O)CCC=O)cc1. The lowest BCUT2D eigenvalue weighted by Crippen LogP contribution is -2.11. The molecule has 0 heterocycles. The van der Waals surface area contributed by atoms with Crippen LogP contribution in [0.1, 0.15) is 32.8 Å². The summed E-state index contributed by atoms with van der Waals surface area (Å²) in [5.41, 5.74) is 1.01. The van der Waals surface area contributed by atoms with Gasteiger partial charge in [-0.1, -0.05) is 17.7 Å². The van der Waals surface area contributed by atoms with Crippen LogP contribution in [0.25, 0.3) is 0 Å². The van der Waals surface area contributed by atoms with Crippen LogP contribution in [0.4, 0.5) is 0 Å². The Labute approximate surface area is 146 Å². The van der Waals surface area contributed by atoms with Gasteiger partial charge < -0.3 is 14.3 Å². The molecule has 0 fully saturated rings. The van der Waals surface area contributed by atoms with Gasteiger partial charge in [0.05, 0.1) is 10.6 Å². The van der Waals surface area contributed by atoms with E-state index < -0.39 is 9.84 Å². The highest BCUT2D eigenvalue weighted by atomic mass is 32.2. The number of ether oxygens (including phenoxy) is 2. The number of rotatable bonds is 8. The second kappa shape index (κ2) is 15.1. The molecule has 24 heavy (non-hydrogen) atoms. The van der Waals surface area contributed by atoms with Gasteiger partial charge in [-0.05, 0) is 39.8 Å². The van der Waals surface area contributed by atoms with Gasteiger partial charge in [0.15, 0.2) is 16.1 Å². The number of carbonyl (C=O) groups is 1. The predicted molar refractivity (Wildman–Crippen MR) is 97.9 cm³/mol. The quantitative estimate of drug-likeness (QED) is 0.404. The van der Waals surface area contributed by atoms with Crippen LogP contribution in [0.15, 0.2) is 42.3 Å². The summed E-state index contributed by atoms with van der Waals surface area (Å²) in [7, 11) is -3.27. The van der Waals surface area contributed by atoms with Crippen molar-refractivity contribution in [3.05, 3.63) is 43.0 Å². The van der Waals surface area contributed by atoms with E-state index in [0.29, 0.717) is 6.29 Å². The Bertz CT molecular complexity index is 517. The van der Waals surface area contributed by atoms with Gasteiger partial charge in [0.2, 0.25) is 0 Å². The molecular weight excluding hydrogens is 328 g/mol. The molecule has 5 nitrogen and oxygen atoms in total. The third-order valence-corrected chi connectivity index (χ3v) is 4.45. The van der Waals surface area contributed by atoms with E-state index in [1.807, 2.05) is 27.7 Å². The molecule has 0 aliphatic carbocycles. The topological polar surface area (TPSA) is 69.7 Å². The molecule has 0 aromatic heterocycles. The van der Waals surface area contributed by atoms with Crippen molar-refractivity contribution in [2.24, 2.45) is 0 Å². The highest BCUT2D eigenvalue weighted by Gasteiger charge is 2.12. The first-order valence-electron chi connectivity index (χ1n) is 7.83. The Hall–Kier alpha value is -1.50. The monoisotopic (exact) mass is 358 g/mol. The van der Waals surface area contributed by atoms with Gasteiger partial charge in [-0.25, -0.2) is 8.42 Å². The van der Waals surface area contributed by atoms with Crippen molar-refractivity contribution in [3.8, 4) is 0 Å². The molecule has 1 aromatic carbocycles. The number of hydrogen-bond donors (Lipinski definition) is 0. The molecule has 138 valence electrons. The van der Waals surface area contributed by atoms with E-state index in [1.165, 1.54) is 0 Å². The largest absolute Gasteiger partial charge is 0.353 e. The third kappa shape index (κ3) is 12.0. The predicted octanol–water partition coefficient (Wildman–Crippen LogP) is 3.57. The maximum atomic E-state index is 11.5. The highest BCUT2D eigenvalue weighted by molar-refractivity contribution is 7.91. The number of carbonyl (C=O) groups excluding carboxylic acids is 1.